The number of carbonyl (C=O) groups is 3. The third-order valence-corrected chi connectivity index (χ3v) is 6.46. The Kier molecular flexibility index (Phi) is 6.18. The minimum Gasteiger partial charge on any atom is -0.371 e. The molecule has 1 atom stereocenters. The van der Waals surface area contributed by atoms with E-state index >= 15 is 0 Å². The van der Waals surface area contributed by atoms with E-state index in [0.29, 0.717) is 29.5 Å². The van der Waals surface area contributed by atoms with Crippen molar-refractivity contribution in [3.8, 4) is 0 Å². The van der Waals surface area contributed by atoms with Gasteiger partial charge in [0.1, 0.15) is 11.2 Å². The first-order valence-electron chi connectivity index (χ1n) is 11.1. The van der Waals surface area contributed by atoms with Gasteiger partial charge in [-0.1, -0.05) is 13.0 Å². The van der Waals surface area contributed by atoms with Crippen molar-refractivity contribution in [2.75, 3.05) is 5.32 Å². The number of hydrogen-bond donors (Lipinski definition) is 3. The predicted molar refractivity (Wildman–Crippen MR) is 123 cm³/mol. The second kappa shape index (κ2) is 9.08. The van der Waals surface area contributed by atoms with Gasteiger partial charge < -0.3 is 10.6 Å². The van der Waals surface area contributed by atoms with E-state index in [1.807, 2.05) is 13.0 Å². The van der Waals surface area contributed by atoms with Crippen LogP contribution in [0.5, 0.6) is 0 Å². The third kappa shape index (κ3) is 4.41. The first-order chi connectivity index (χ1) is 16.2. The highest BCUT2D eigenvalue weighted by Crippen LogP contribution is 2.36. The number of nitro benzene ring substituents is 1. The number of nitrogens with one attached hydrogen (secondary N) is 3. The first kappa shape index (κ1) is 23.1. The molecule has 1 saturated carbocycles. The molecule has 11 nitrogen and oxygen atoms in total. The standard InChI is InChI=1S/C23H26N6O5/c1-14-8-10-23(11-9-14)21(31)28(22(32)26-23)27-20(30)16-6-7-18(19(13-16)29(33)34)25-15(2)17-5-3-4-12-24-17/h3-7,12-15,25H,8-11H2,1-2H3,(H,26,32)(H,27,30). The summed E-state index contributed by atoms with van der Waals surface area (Å²) >= 11 is 0. The zero-order valence-corrected chi connectivity index (χ0v) is 18.9. The van der Waals surface area contributed by atoms with E-state index in [1.165, 1.54) is 12.1 Å². The summed E-state index contributed by atoms with van der Waals surface area (Å²) in [4.78, 5) is 53.5. The smallest absolute Gasteiger partial charge is 0.344 e. The lowest BCUT2D eigenvalue weighted by molar-refractivity contribution is -0.384. The van der Waals surface area contributed by atoms with Crippen LogP contribution < -0.4 is 16.1 Å². The van der Waals surface area contributed by atoms with E-state index in [2.05, 4.69) is 28.0 Å². The summed E-state index contributed by atoms with van der Waals surface area (Å²) < 4.78 is 0. The van der Waals surface area contributed by atoms with Crippen LogP contribution in [0.25, 0.3) is 0 Å². The quantitative estimate of drug-likeness (QED) is 0.336. The fraction of sp³-hybridized carbons (Fsp3) is 0.391. The van der Waals surface area contributed by atoms with Gasteiger partial charge in [-0.2, -0.15) is 5.01 Å². The molecule has 1 aliphatic heterocycles. The van der Waals surface area contributed by atoms with Crippen LogP contribution in [0.15, 0.2) is 42.6 Å². The molecule has 11 heteroatoms. The van der Waals surface area contributed by atoms with Crippen molar-refractivity contribution < 1.29 is 19.3 Å². The largest absolute Gasteiger partial charge is 0.371 e. The van der Waals surface area contributed by atoms with Gasteiger partial charge in [0.2, 0.25) is 0 Å². The van der Waals surface area contributed by atoms with Crippen LogP contribution in [0.4, 0.5) is 16.2 Å². The van der Waals surface area contributed by atoms with E-state index in [4.69, 9.17) is 0 Å². The molecule has 4 amide bonds. The molecule has 0 bridgehead atoms. The number of nitro groups is 1. The van der Waals surface area contributed by atoms with Gasteiger partial charge in [0.05, 0.1) is 16.7 Å². The summed E-state index contributed by atoms with van der Waals surface area (Å²) in [6.07, 6.45) is 4.23. The van der Waals surface area contributed by atoms with Gasteiger partial charge in [0.25, 0.3) is 17.5 Å². The number of hydrazine groups is 1. The Balaban J connectivity index is 1.50. The van der Waals surface area contributed by atoms with Crippen LogP contribution in [0.2, 0.25) is 0 Å². The van der Waals surface area contributed by atoms with Gasteiger partial charge in [0, 0.05) is 17.8 Å². The molecule has 1 unspecified atom stereocenters. The number of benzene rings is 1. The third-order valence-electron chi connectivity index (χ3n) is 6.46. The molecule has 34 heavy (non-hydrogen) atoms. The van der Waals surface area contributed by atoms with Crippen molar-refractivity contribution in [2.24, 2.45) is 5.92 Å². The Morgan fingerprint density at radius 3 is 2.65 bits per heavy atom. The van der Waals surface area contributed by atoms with Crippen LogP contribution in [0, 0.1) is 16.0 Å². The van der Waals surface area contributed by atoms with Crippen LogP contribution in [-0.4, -0.2) is 38.3 Å². The predicted octanol–water partition coefficient (Wildman–Crippen LogP) is 3.31. The SMILES string of the molecule is CC1CCC2(CC1)NC(=O)N(NC(=O)c1ccc(NC(C)c3ccccn3)c([N+](=O)[O-])c1)C2=O. The van der Waals surface area contributed by atoms with E-state index in [0.717, 1.165) is 18.9 Å². The maximum absolute atomic E-state index is 13.0. The number of anilines is 1. The Morgan fingerprint density at radius 1 is 1.26 bits per heavy atom. The fourth-order valence-electron chi connectivity index (χ4n) is 4.37. The number of pyridine rings is 1. The zero-order chi connectivity index (χ0) is 24.5. The van der Waals surface area contributed by atoms with Crippen molar-refractivity contribution in [2.45, 2.75) is 51.1 Å². The number of imide groups is 1. The molecular formula is C23H26N6O5. The summed E-state index contributed by atoms with van der Waals surface area (Å²) in [5.74, 6) is -0.834. The molecule has 1 spiro atoms. The Bertz CT molecular complexity index is 1130. The molecule has 2 heterocycles. The van der Waals surface area contributed by atoms with Crippen molar-refractivity contribution in [3.05, 3.63) is 64.0 Å². The molecule has 2 fully saturated rings. The highest BCUT2D eigenvalue weighted by molar-refractivity contribution is 6.09. The van der Waals surface area contributed by atoms with E-state index in [1.54, 1.807) is 18.3 Å². The van der Waals surface area contributed by atoms with Gasteiger partial charge in [-0.15, -0.1) is 0 Å². The monoisotopic (exact) mass is 466 g/mol. The molecule has 2 aliphatic rings. The highest BCUT2D eigenvalue weighted by Gasteiger charge is 2.53. The molecule has 178 valence electrons. The summed E-state index contributed by atoms with van der Waals surface area (Å²) in [7, 11) is 0. The second-order valence-electron chi connectivity index (χ2n) is 8.89. The molecular weight excluding hydrogens is 440 g/mol. The van der Waals surface area contributed by atoms with Gasteiger partial charge in [-0.05, 0) is 62.8 Å². The maximum Gasteiger partial charge on any atom is 0.344 e. The topological polar surface area (TPSA) is 147 Å². The van der Waals surface area contributed by atoms with E-state index < -0.39 is 28.3 Å². The van der Waals surface area contributed by atoms with Crippen LogP contribution in [-0.2, 0) is 4.79 Å². The van der Waals surface area contributed by atoms with E-state index in [9.17, 15) is 24.5 Å². The molecule has 1 aromatic heterocycles. The average molecular weight is 466 g/mol. The van der Waals surface area contributed by atoms with Crippen molar-refractivity contribution in [3.63, 3.8) is 0 Å². The molecule has 1 aromatic carbocycles. The molecule has 0 radical (unpaired) electrons. The number of amides is 4. The van der Waals surface area contributed by atoms with Gasteiger partial charge in [-0.3, -0.25) is 30.1 Å². The second-order valence-corrected chi connectivity index (χ2v) is 8.89. The fourth-order valence-corrected chi connectivity index (χ4v) is 4.37. The number of aromatic nitrogens is 1. The number of hydrogen-bond acceptors (Lipinski definition) is 7. The van der Waals surface area contributed by atoms with Crippen molar-refractivity contribution in [1.29, 1.82) is 0 Å². The number of rotatable bonds is 6. The van der Waals surface area contributed by atoms with Crippen molar-refractivity contribution in [1.82, 2.24) is 20.7 Å². The number of urea groups is 1. The molecule has 2 aromatic rings. The summed E-state index contributed by atoms with van der Waals surface area (Å²) in [5.41, 5.74) is 1.85. The lowest BCUT2D eigenvalue weighted by Gasteiger charge is -2.33. The molecule has 4 rings (SSSR count). The number of nitrogens with zero attached hydrogens (tertiary/aromatic N) is 3. The zero-order valence-electron chi connectivity index (χ0n) is 18.9. The Labute approximate surface area is 196 Å². The lowest BCUT2D eigenvalue weighted by atomic mass is 9.77. The van der Waals surface area contributed by atoms with Crippen LogP contribution in [0.1, 0.15) is 61.6 Å². The van der Waals surface area contributed by atoms with Crippen LogP contribution in [0.3, 0.4) is 0 Å². The maximum atomic E-state index is 13.0. The lowest BCUT2D eigenvalue weighted by Crippen LogP contribution is -2.51. The van der Waals surface area contributed by atoms with Gasteiger partial charge in [0.15, 0.2) is 0 Å². The van der Waals surface area contributed by atoms with Gasteiger partial charge in [-0.25, -0.2) is 4.79 Å². The molecule has 1 saturated heterocycles. The Hall–Kier alpha value is -4.02. The van der Waals surface area contributed by atoms with Gasteiger partial charge >= 0.3 is 6.03 Å². The molecule has 3 N–H and O–H groups in total. The van der Waals surface area contributed by atoms with Crippen molar-refractivity contribution >= 4 is 29.2 Å². The minimum atomic E-state index is -1.00. The Morgan fingerprint density at radius 2 is 2.00 bits per heavy atom. The average Bonchev–Trinajstić information content (AvgIpc) is 3.05. The minimum absolute atomic E-state index is 0.0541. The number of carbonyl (C=O) groups excluding carboxylic acids is 3. The first-order valence-corrected chi connectivity index (χ1v) is 11.1. The summed E-state index contributed by atoms with van der Waals surface area (Å²) in [6, 6.07) is 8.28. The summed E-state index contributed by atoms with van der Waals surface area (Å²) in [6.45, 7) is 3.91. The molecule has 1 aliphatic carbocycles. The highest BCUT2D eigenvalue weighted by atomic mass is 16.6. The van der Waals surface area contributed by atoms with Crippen LogP contribution >= 0.6 is 0 Å². The van der Waals surface area contributed by atoms with E-state index in [-0.39, 0.29) is 23.0 Å². The normalized spacial score (nSPS) is 22.9. The summed E-state index contributed by atoms with van der Waals surface area (Å²) in [5, 5.41) is 18.1.